The SMILES string of the molecule is CCCCCCCCCCCCCCCCCCCCCCCCC(=O)NC(COC1OC(CO)C(OC2OC(CO)C(OC3OC(CO)C(O)C(O)C3O)C(O)C2O)C(O)C1O)C(O)CCCCCCCCCCCCCCC. The Kier molecular flexibility index (Phi) is 41.2. The van der Waals surface area contributed by atoms with Crippen LogP contribution in [0, 0.1) is 0 Å². The second-order valence-corrected chi connectivity index (χ2v) is 23.6. The van der Waals surface area contributed by atoms with Gasteiger partial charge in [0.05, 0.1) is 38.6 Å². The number of nitrogens with one attached hydrogen (secondary N) is 1. The lowest BCUT2D eigenvalue weighted by atomic mass is 9.96. The van der Waals surface area contributed by atoms with Gasteiger partial charge < -0.3 is 89.9 Å². The first-order valence-corrected chi connectivity index (χ1v) is 32.3. The molecular weight excluding hydrogens is 1030 g/mol. The van der Waals surface area contributed by atoms with Crippen LogP contribution in [0.25, 0.3) is 0 Å². The van der Waals surface area contributed by atoms with Crippen molar-refractivity contribution in [1.82, 2.24) is 5.32 Å². The molecule has 3 fully saturated rings. The highest BCUT2D eigenvalue weighted by Crippen LogP contribution is 2.33. The minimum absolute atomic E-state index is 0.238. The Morgan fingerprint density at radius 3 is 1.09 bits per heavy atom. The molecule has 12 N–H and O–H groups in total. The molecule has 474 valence electrons. The molecule has 19 heteroatoms. The number of carbonyl (C=O) groups is 1. The number of unbranched alkanes of at least 4 members (excludes halogenated alkanes) is 33. The summed E-state index contributed by atoms with van der Waals surface area (Å²) in [4.78, 5) is 13.4. The molecule has 80 heavy (non-hydrogen) atoms. The third kappa shape index (κ3) is 28.3. The molecule has 0 radical (unpaired) electrons. The largest absolute Gasteiger partial charge is 0.394 e. The predicted molar refractivity (Wildman–Crippen MR) is 305 cm³/mol. The van der Waals surface area contributed by atoms with E-state index in [1.54, 1.807) is 0 Å². The van der Waals surface area contributed by atoms with Gasteiger partial charge >= 0.3 is 0 Å². The van der Waals surface area contributed by atoms with Crippen molar-refractivity contribution < 1.29 is 89.4 Å². The Labute approximate surface area is 481 Å². The molecule has 17 unspecified atom stereocenters. The van der Waals surface area contributed by atoms with Crippen LogP contribution in [0.2, 0.25) is 0 Å². The van der Waals surface area contributed by atoms with Crippen LogP contribution >= 0.6 is 0 Å². The van der Waals surface area contributed by atoms with Crippen molar-refractivity contribution in [3.63, 3.8) is 0 Å². The number of ether oxygens (including phenoxy) is 6. The van der Waals surface area contributed by atoms with Gasteiger partial charge in [0, 0.05) is 6.42 Å². The molecule has 17 atom stereocenters. The van der Waals surface area contributed by atoms with Crippen molar-refractivity contribution in [3.8, 4) is 0 Å². The molecule has 3 aliphatic rings. The van der Waals surface area contributed by atoms with E-state index in [1.165, 1.54) is 173 Å². The molecule has 0 aromatic heterocycles. The topological polar surface area (TPSA) is 307 Å². The number of aliphatic hydroxyl groups is 11. The molecule has 3 rings (SSSR count). The maximum absolute atomic E-state index is 13.4. The lowest BCUT2D eigenvalue weighted by molar-refractivity contribution is -0.379. The van der Waals surface area contributed by atoms with Gasteiger partial charge in [-0.05, 0) is 12.8 Å². The Morgan fingerprint density at radius 1 is 0.400 bits per heavy atom. The van der Waals surface area contributed by atoms with Crippen LogP contribution in [-0.4, -0.2) is 193 Å². The standard InChI is InChI=1S/C61H117NO18/c1-3-5-7-9-11-13-15-17-18-19-20-21-22-23-24-25-27-29-31-33-35-37-39-49(67)62-44(45(66)38-36-34-32-30-28-26-16-14-12-10-8-6-4-2)43-75-59-55(73)52(70)57(47(41-64)77-59)80-61-56(74)53(71)58(48(42-65)78-61)79-60-54(72)51(69)50(68)46(40-63)76-60/h44-48,50-61,63-66,68-74H,3-43H2,1-2H3,(H,62,67). The van der Waals surface area contributed by atoms with Crippen molar-refractivity contribution in [1.29, 1.82) is 0 Å². The van der Waals surface area contributed by atoms with Crippen LogP contribution in [0.15, 0.2) is 0 Å². The van der Waals surface area contributed by atoms with Crippen LogP contribution in [-0.2, 0) is 33.2 Å². The van der Waals surface area contributed by atoms with Gasteiger partial charge in [0.2, 0.25) is 5.91 Å². The quantitative estimate of drug-likeness (QED) is 0.0280. The summed E-state index contributed by atoms with van der Waals surface area (Å²) in [5.74, 6) is -0.238. The minimum atomic E-state index is -1.97. The maximum Gasteiger partial charge on any atom is 0.220 e. The van der Waals surface area contributed by atoms with Crippen molar-refractivity contribution in [2.45, 2.75) is 356 Å². The molecule has 19 nitrogen and oxygen atoms in total. The molecule has 0 aliphatic carbocycles. The lowest BCUT2D eigenvalue weighted by Crippen LogP contribution is -2.66. The molecule has 3 saturated heterocycles. The summed E-state index contributed by atoms with van der Waals surface area (Å²) in [7, 11) is 0. The number of rotatable bonds is 49. The zero-order chi connectivity index (χ0) is 58.3. The lowest BCUT2D eigenvalue weighted by Gasteiger charge is -2.48. The van der Waals surface area contributed by atoms with E-state index >= 15 is 0 Å². The van der Waals surface area contributed by atoms with Gasteiger partial charge in [-0.1, -0.05) is 232 Å². The average molecular weight is 1150 g/mol. The fourth-order valence-corrected chi connectivity index (χ4v) is 11.4. The van der Waals surface area contributed by atoms with E-state index in [0.29, 0.717) is 12.8 Å². The van der Waals surface area contributed by atoms with Crippen molar-refractivity contribution in [3.05, 3.63) is 0 Å². The first-order chi connectivity index (χ1) is 38.8. The third-order valence-corrected chi connectivity index (χ3v) is 16.7. The maximum atomic E-state index is 13.4. The highest BCUT2D eigenvalue weighted by Gasteiger charge is 2.53. The molecule has 0 aromatic rings. The molecule has 0 spiro atoms. The first kappa shape index (κ1) is 73.0. The van der Waals surface area contributed by atoms with E-state index in [2.05, 4.69) is 19.2 Å². The van der Waals surface area contributed by atoms with Gasteiger partial charge in [0.15, 0.2) is 18.9 Å². The molecule has 3 aliphatic heterocycles. The van der Waals surface area contributed by atoms with Crippen LogP contribution in [0.1, 0.15) is 251 Å². The molecule has 0 saturated carbocycles. The fraction of sp³-hybridized carbons (Fsp3) is 0.984. The Hall–Kier alpha value is -1.21. The van der Waals surface area contributed by atoms with Crippen molar-refractivity contribution >= 4 is 5.91 Å². The van der Waals surface area contributed by atoms with Crippen molar-refractivity contribution in [2.24, 2.45) is 0 Å². The number of hydrogen-bond acceptors (Lipinski definition) is 18. The highest BCUT2D eigenvalue weighted by atomic mass is 16.8. The number of carbonyl (C=O) groups excluding carboxylic acids is 1. The van der Waals surface area contributed by atoms with Gasteiger partial charge in [-0.25, -0.2) is 0 Å². The Balaban J connectivity index is 1.44. The normalized spacial score (nSPS) is 29.9. The summed E-state index contributed by atoms with van der Waals surface area (Å²) in [5, 5.41) is 120. The van der Waals surface area contributed by atoms with Gasteiger partial charge in [-0.3, -0.25) is 4.79 Å². The van der Waals surface area contributed by atoms with Crippen LogP contribution < -0.4 is 5.32 Å². The Bertz CT molecular complexity index is 1470. The second-order valence-electron chi connectivity index (χ2n) is 23.6. The van der Waals surface area contributed by atoms with E-state index in [0.717, 1.165) is 44.9 Å². The smallest absolute Gasteiger partial charge is 0.220 e. The summed E-state index contributed by atoms with van der Waals surface area (Å²) < 4.78 is 34.3. The van der Waals surface area contributed by atoms with E-state index in [4.69, 9.17) is 28.4 Å². The molecule has 0 bridgehead atoms. The monoisotopic (exact) mass is 1150 g/mol. The van der Waals surface area contributed by atoms with Crippen LogP contribution in [0.5, 0.6) is 0 Å². The molecule has 0 aromatic carbocycles. The van der Waals surface area contributed by atoms with E-state index in [1.807, 2.05) is 0 Å². The molecular formula is C61H117NO18. The molecule has 3 heterocycles. The summed E-state index contributed by atoms with van der Waals surface area (Å²) in [6, 6.07) is -0.880. The summed E-state index contributed by atoms with van der Waals surface area (Å²) in [6.07, 6.45) is 17.6. The van der Waals surface area contributed by atoms with E-state index in [-0.39, 0.29) is 18.9 Å². The second kappa shape index (κ2) is 45.2. The summed E-state index contributed by atoms with van der Waals surface area (Å²) in [6.45, 7) is 1.81. The van der Waals surface area contributed by atoms with E-state index in [9.17, 15) is 61.0 Å². The first-order valence-electron chi connectivity index (χ1n) is 32.3. The average Bonchev–Trinajstić information content (AvgIpc) is 3.55. The van der Waals surface area contributed by atoms with Crippen molar-refractivity contribution in [2.75, 3.05) is 26.4 Å². The highest BCUT2D eigenvalue weighted by molar-refractivity contribution is 5.76. The van der Waals surface area contributed by atoms with Gasteiger partial charge in [-0.2, -0.15) is 0 Å². The zero-order valence-electron chi connectivity index (χ0n) is 49.6. The zero-order valence-corrected chi connectivity index (χ0v) is 49.6. The number of hydrogen-bond donors (Lipinski definition) is 12. The summed E-state index contributed by atoms with van der Waals surface area (Å²) in [5.41, 5.74) is 0. The van der Waals surface area contributed by atoms with E-state index < -0.39 is 124 Å². The Morgan fingerprint density at radius 2 is 0.713 bits per heavy atom. The van der Waals surface area contributed by atoms with Gasteiger partial charge in [-0.15, -0.1) is 0 Å². The van der Waals surface area contributed by atoms with Gasteiger partial charge in [0.25, 0.3) is 0 Å². The molecule has 1 amide bonds. The number of aliphatic hydroxyl groups excluding tert-OH is 11. The van der Waals surface area contributed by atoms with Gasteiger partial charge in [0.1, 0.15) is 73.2 Å². The third-order valence-electron chi connectivity index (χ3n) is 16.7. The van der Waals surface area contributed by atoms with Crippen LogP contribution in [0.3, 0.4) is 0 Å². The summed E-state index contributed by atoms with van der Waals surface area (Å²) >= 11 is 0. The fourth-order valence-electron chi connectivity index (χ4n) is 11.4. The minimum Gasteiger partial charge on any atom is -0.394 e. The van der Waals surface area contributed by atoms with Crippen LogP contribution in [0.4, 0.5) is 0 Å². The predicted octanol–water partition coefficient (Wildman–Crippen LogP) is 6.77. The number of amides is 1.